The number of aliphatic hydroxyl groups is 3. The Bertz CT molecular complexity index is 1270. The molecule has 1 aliphatic rings. The molecule has 15 nitrogen and oxygen atoms in total. The van der Waals surface area contributed by atoms with Crippen LogP contribution in [0.5, 0.6) is 11.5 Å². The van der Waals surface area contributed by atoms with Crippen molar-refractivity contribution in [1.29, 1.82) is 0 Å². The fourth-order valence-corrected chi connectivity index (χ4v) is 4.29. The lowest BCUT2D eigenvalue weighted by atomic mass is 9.99. The molecular formula is C28H34ClNO14. The number of carboxylic acids is 1. The normalized spacial score (nSPS) is 21.4. The molecule has 1 fully saturated rings. The monoisotopic (exact) mass is 643 g/mol. The summed E-state index contributed by atoms with van der Waals surface area (Å²) in [7, 11) is 2.56. The predicted octanol–water partition coefficient (Wildman–Crippen LogP) is 0.595. The van der Waals surface area contributed by atoms with Gasteiger partial charge in [0.2, 0.25) is 5.91 Å². The van der Waals surface area contributed by atoms with Crippen LogP contribution in [0.2, 0.25) is 5.02 Å². The maximum atomic E-state index is 13.0. The van der Waals surface area contributed by atoms with Crippen molar-refractivity contribution in [3.8, 4) is 11.5 Å². The minimum atomic E-state index is -1.61. The number of benzene rings is 2. The smallest absolute Gasteiger partial charge is 0.342 e. The van der Waals surface area contributed by atoms with Crippen LogP contribution in [0, 0.1) is 0 Å². The zero-order valence-corrected chi connectivity index (χ0v) is 24.6. The Morgan fingerprint density at radius 2 is 1.73 bits per heavy atom. The Hall–Kier alpha value is -3.54. The summed E-state index contributed by atoms with van der Waals surface area (Å²) in [4.78, 5) is 35.6. The Morgan fingerprint density at radius 3 is 2.39 bits per heavy atom. The molecule has 1 heterocycles. The Labute approximate surface area is 257 Å². The highest BCUT2D eigenvalue weighted by Gasteiger charge is 2.47. The number of carboxylic acid groups (broad SMARTS) is 1. The second-order valence-electron chi connectivity index (χ2n) is 9.33. The topological polar surface area (TPSA) is 209 Å². The molecule has 0 aromatic heterocycles. The van der Waals surface area contributed by atoms with Crippen molar-refractivity contribution in [2.45, 2.75) is 37.3 Å². The average Bonchev–Trinajstić information content (AvgIpc) is 3.00. The number of anilines is 1. The number of hydrogen-bond acceptors (Lipinski definition) is 13. The number of esters is 1. The van der Waals surface area contributed by atoms with Gasteiger partial charge in [-0.2, -0.15) is 0 Å². The Balaban J connectivity index is 1.59. The largest absolute Gasteiger partial charge is 0.496 e. The van der Waals surface area contributed by atoms with Gasteiger partial charge in [-0.25, -0.2) is 9.59 Å². The molecule has 16 heteroatoms. The standard InChI is InChI=1S/C28H34ClNO14/c1-38-19-10-20(18(29)9-17(19)27(37)44-26-25(36)24(35)21(11-31)43-28(26)39-2)42-12-15-4-3-5-16(8-15)30-22(32)13-40-6-7-41-14-23(33)34/h3-5,8-10,21,24-26,28,31,35-36H,6-7,11-14H2,1-2H3,(H,30,32)(H,33,34)/t21-,24-,25+,26-,28+/m1/s1. The number of hydrogen-bond donors (Lipinski definition) is 5. The molecular weight excluding hydrogens is 610 g/mol. The summed E-state index contributed by atoms with van der Waals surface area (Å²) in [6.45, 7) is -1.19. The maximum absolute atomic E-state index is 13.0. The van der Waals surface area contributed by atoms with Crippen LogP contribution in [0.15, 0.2) is 36.4 Å². The van der Waals surface area contributed by atoms with E-state index in [1.165, 1.54) is 26.4 Å². The van der Waals surface area contributed by atoms with Gasteiger partial charge in [0, 0.05) is 18.9 Å². The number of aliphatic hydroxyl groups excluding tert-OH is 3. The lowest BCUT2D eigenvalue weighted by Gasteiger charge is -2.40. The van der Waals surface area contributed by atoms with E-state index in [9.17, 15) is 29.7 Å². The molecule has 2 aromatic carbocycles. The molecule has 0 radical (unpaired) electrons. The molecule has 0 spiro atoms. The third-order valence-corrected chi connectivity index (χ3v) is 6.51. The number of rotatable bonds is 16. The summed E-state index contributed by atoms with van der Waals surface area (Å²) in [6, 6.07) is 9.42. The van der Waals surface area contributed by atoms with Crippen LogP contribution in [0.3, 0.4) is 0 Å². The van der Waals surface area contributed by atoms with Crippen molar-refractivity contribution in [1.82, 2.24) is 0 Å². The number of carbonyl (C=O) groups is 3. The van der Waals surface area contributed by atoms with Crippen LogP contribution in [-0.2, 0) is 39.9 Å². The first-order chi connectivity index (χ1) is 21.1. The molecule has 0 bridgehead atoms. The lowest BCUT2D eigenvalue weighted by molar-refractivity contribution is -0.293. The van der Waals surface area contributed by atoms with Gasteiger partial charge in [0.15, 0.2) is 12.4 Å². The molecule has 2 aromatic rings. The minimum absolute atomic E-state index is 0.0266. The number of halogens is 1. The van der Waals surface area contributed by atoms with Gasteiger partial charge in [0.1, 0.15) is 55.2 Å². The van der Waals surface area contributed by atoms with Crippen molar-refractivity contribution < 1.29 is 68.0 Å². The van der Waals surface area contributed by atoms with E-state index in [1.807, 2.05) is 0 Å². The molecule has 5 N–H and O–H groups in total. The highest BCUT2D eigenvalue weighted by Crippen LogP contribution is 2.35. The van der Waals surface area contributed by atoms with Crippen molar-refractivity contribution in [2.75, 3.05) is 52.6 Å². The average molecular weight is 644 g/mol. The van der Waals surface area contributed by atoms with E-state index in [4.69, 9.17) is 49.9 Å². The first-order valence-corrected chi connectivity index (χ1v) is 13.6. The second-order valence-corrected chi connectivity index (χ2v) is 9.74. The van der Waals surface area contributed by atoms with Crippen molar-refractivity contribution in [3.63, 3.8) is 0 Å². The summed E-state index contributed by atoms with van der Waals surface area (Å²) in [5, 5.41) is 41.2. The van der Waals surface area contributed by atoms with E-state index in [0.717, 1.165) is 0 Å². The number of aliphatic carboxylic acids is 1. The van der Waals surface area contributed by atoms with Gasteiger partial charge in [-0.1, -0.05) is 23.7 Å². The first-order valence-electron chi connectivity index (χ1n) is 13.2. The van der Waals surface area contributed by atoms with Crippen molar-refractivity contribution in [3.05, 3.63) is 52.5 Å². The van der Waals surface area contributed by atoms with E-state index in [1.54, 1.807) is 24.3 Å². The fraction of sp³-hybridized carbons (Fsp3) is 0.464. The van der Waals surface area contributed by atoms with Gasteiger partial charge in [0.25, 0.3) is 0 Å². The third-order valence-electron chi connectivity index (χ3n) is 6.21. The van der Waals surface area contributed by atoms with E-state index in [-0.39, 0.29) is 48.5 Å². The highest BCUT2D eigenvalue weighted by atomic mass is 35.5. The molecule has 0 saturated carbocycles. The number of nitrogens with one attached hydrogen (secondary N) is 1. The van der Waals surface area contributed by atoms with Crippen LogP contribution in [0.4, 0.5) is 5.69 Å². The van der Waals surface area contributed by atoms with Gasteiger partial charge in [0.05, 0.1) is 32.0 Å². The van der Waals surface area contributed by atoms with Crippen LogP contribution in [0.25, 0.3) is 0 Å². The summed E-state index contributed by atoms with van der Waals surface area (Å²) < 4.78 is 37.0. The zero-order chi connectivity index (χ0) is 32.2. The maximum Gasteiger partial charge on any atom is 0.342 e. The van der Waals surface area contributed by atoms with E-state index in [2.05, 4.69) is 5.32 Å². The van der Waals surface area contributed by atoms with Crippen LogP contribution < -0.4 is 14.8 Å². The van der Waals surface area contributed by atoms with Gasteiger partial charge in [-0.05, 0) is 23.8 Å². The molecule has 1 saturated heterocycles. The van der Waals surface area contributed by atoms with Crippen LogP contribution >= 0.6 is 11.6 Å². The number of amides is 1. The van der Waals surface area contributed by atoms with E-state index in [0.29, 0.717) is 11.3 Å². The van der Waals surface area contributed by atoms with Gasteiger partial charge in [-0.15, -0.1) is 0 Å². The SMILES string of the molecule is COc1cc(OCc2cccc(NC(=O)COCCOCC(=O)O)c2)c(Cl)cc1C(=O)O[C@H]1[C@@H](OC)O[C@H](CO)[C@@H](O)[C@@H]1O. The molecule has 1 aliphatic heterocycles. The van der Waals surface area contributed by atoms with Gasteiger partial charge >= 0.3 is 11.9 Å². The zero-order valence-electron chi connectivity index (χ0n) is 23.8. The minimum Gasteiger partial charge on any atom is -0.496 e. The quantitative estimate of drug-likeness (QED) is 0.125. The third kappa shape index (κ3) is 9.73. The fourth-order valence-electron chi connectivity index (χ4n) is 4.07. The molecule has 0 unspecified atom stereocenters. The first kappa shape index (κ1) is 34.9. The van der Waals surface area contributed by atoms with Crippen molar-refractivity contribution >= 4 is 35.1 Å². The highest BCUT2D eigenvalue weighted by molar-refractivity contribution is 6.32. The number of ether oxygens (including phenoxy) is 7. The number of carbonyl (C=O) groups excluding carboxylic acids is 2. The molecule has 0 aliphatic carbocycles. The predicted molar refractivity (Wildman–Crippen MR) is 151 cm³/mol. The summed E-state index contributed by atoms with van der Waals surface area (Å²) in [5.74, 6) is -2.27. The molecule has 3 rings (SSSR count). The lowest BCUT2D eigenvalue weighted by Crippen LogP contribution is -2.60. The molecule has 44 heavy (non-hydrogen) atoms. The van der Waals surface area contributed by atoms with Gasteiger partial charge < -0.3 is 58.9 Å². The van der Waals surface area contributed by atoms with E-state index >= 15 is 0 Å². The second kappa shape index (κ2) is 17.1. The molecule has 242 valence electrons. The Kier molecular flexibility index (Phi) is 13.6. The summed E-state index contributed by atoms with van der Waals surface area (Å²) in [5.41, 5.74) is 1.04. The molecule has 1 amide bonds. The molecule has 5 atom stereocenters. The van der Waals surface area contributed by atoms with Crippen LogP contribution in [0.1, 0.15) is 15.9 Å². The Morgan fingerprint density at radius 1 is 1.00 bits per heavy atom. The van der Waals surface area contributed by atoms with Crippen LogP contribution in [-0.4, -0.2) is 116 Å². The van der Waals surface area contributed by atoms with E-state index < -0.39 is 61.8 Å². The number of methoxy groups -OCH3 is 2. The summed E-state index contributed by atoms with van der Waals surface area (Å²) in [6.07, 6.45) is -6.99. The summed E-state index contributed by atoms with van der Waals surface area (Å²) >= 11 is 6.39. The van der Waals surface area contributed by atoms with Crippen molar-refractivity contribution in [2.24, 2.45) is 0 Å². The van der Waals surface area contributed by atoms with Gasteiger partial charge in [-0.3, -0.25) is 4.79 Å².